The Labute approximate surface area is 121 Å². The van der Waals surface area contributed by atoms with E-state index in [9.17, 15) is 22.8 Å². The van der Waals surface area contributed by atoms with Crippen molar-refractivity contribution in [2.75, 3.05) is 19.6 Å². The van der Waals surface area contributed by atoms with Gasteiger partial charge in [0.15, 0.2) is 0 Å². The monoisotopic (exact) mass is 307 g/mol. The number of piperidine rings is 1. The lowest BCUT2D eigenvalue weighted by Gasteiger charge is -2.29. The summed E-state index contributed by atoms with van der Waals surface area (Å²) in [6.45, 7) is 1.39. The van der Waals surface area contributed by atoms with Gasteiger partial charge in [-0.1, -0.05) is 0 Å². The summed E-state index contributed by atoms with van der Waals surface area (Å²) < 4.78 is 37.0. The van der Waals surface area contributed by atoms with Crippen LogP contribution in [0, 0.1) is 5.92 Å². The highest BCUT2D eigenvalue weighted by molar-refractivity contribution is 5.89. The van der Waals surface area contributed by atoms with Gasteiger partial charge in [-0.3, -0.25) is 9.59 Å². The van der Waals surface area contributed by atoms with Crippen molar-refractivity contribution in [2.24, 2.45) is 5.92 Å². The van der Waals surface area contributed by atoms with Crippen molar-refractivity contribution in [2.45, 2.75) is 44.4 Å². The Morgan fingerprint density at radius 1 is 1.48 bits per heavy atom. The highest BCUT2D eigenvalue weighted by Crippen LogP contribution is 2.24. The number of carbonyl (C=O) groups excluding carboxylic acids is 2. The fourth-order valence-electron chi connectivity index (χ4n) is 2.90. The van der Waals surface area contributed by atoms with Crippen molar-refractivity contribution < 1.29 is 22.8 Å². The Kier molecular flexibility index (Phi) is 4.75. The van der Waals surface area contributed by atoms with Gasteiger partial charge in [-0.25, -0.2) is 0 Å². The van der Waals surface area contributed by atoms with Crippen molar-refractivity contribution >= 4 is 11.8 Å². The zero-order valence-corrected chi connectivity index (χ0v) is 11.9. The summed E-state index contributed by atoms with van der Waals surface area (Å²) in [4.78, 5) is 24.3. The maximum Gasteiger partial charge on any atom is 0.406 e. The number of nitrogens with zero attached hydrogens (tertiary/aromatic N) is 1. The van der Waals surface area contributed by atoms with Gasteiger partial charge in [-0.15, -0.1) is 0 Å². The number of amides is 2. The molecule has 0 saturated carbocycles. The van der Waals surface area contributed by atoms with E-state index in [1.165, 1.54) is 0 Å². The van der Waals surface area contributed by atoms with Gasteiger partial charge in [-0.05, 0) is 26.3 Å². The van der Waals surface area contributed by atoms with Crippen molar-refractivity contribution in [3.63, 3.8) is 0 Å². The van der Waals surface area contributed by atoms with Gasteiger partial charge in [0.25, 0.3) is 0 Å². The molecule has 8 heteroatoms. The lowest BCUT2D eigenvalue weighted by Crippen LogP contribution is -2.48. The lowest BCUT2D eigenvalue weighted by atomic mass is 9.99. The van der Waals surface area contributed by atoms with Crippen LogP contribution in [0.5, 0.6) is 0 Å². The number of nitrogens with one attached hydrogen (secondary N) is 2. The first-order valence-corrected chi connectivity index (χ1v) is 7.13. The SMILES string of the molecule is CC1CC(NC(=O)C2CC(=O)N(CC(F)(F)F)C2)CCN1. The van der Waals surface area contributed by atoms with Gasteiger partial charge in [0.2, 0.25) is 11.8 Å². The minimum atomic E-state index is -4.43. The number of alkyl halides is 3. The largest absolute Gasteiger partial charge is 0.406 e. The third kappa shape index (κ3) is 4.59. The molecule has 5 nitrogen and oxygen atoms in total. The van der Waals surface area contributed by atoms with E-state index in [4.69, 9.17) is 0 Å². The first-order chi connectivity index (χ1) is 9.74. The number of rotatable bonds is 3. The van der Waals surface area contributed by atoms with E-state index >= 15 is 0 Å². The molecule has 0 bridgehead atoms. The molecule has 21 heavy (non-hydrogen) atoms. The Hall–Kier alpha value is -1.31. The molecular formula is C13H20F3N3O2. The second kappa shape index (κ2) is 6.21. The van der Waals surface area contributed by atoms with Crippen LogP contribution in [0.3, 0.4) is 0 Å². The van der Waals surface area contributed by atoms with Crippen LogP contribution in [0.4, 0.5) is 13.2 Å². The van der Waals surface area contributed by atoms with Gasteiger partial charge in [0.05, 0.1) is 5.92 Å². The van der Waals surface area contributed by atoms with Crippen LogP contribution in [0.15, 0.2) is 0 Å². The molecular weight excluding hydrogens is 287 g/mol. The lowest BCUT2D eigenvalue weighted by molar-refractivity contribution is -0.157. The van der Waals surface area contributed by atoms with Crippen molar-refractivity contribution in [1.82, 2.24) is 15.5 Å². The molecule has 2 N–H and O–H groups in total. The maximum absolute atomic E-state index is 12.3. The van der Waals surface area contributed by atoms with Crippen LogP contribution >= 0.6 is 0 Å². The number of likely N-dealkylation sites (tertiary alicyclic amines) is 1. The number of halogens is 3. The fourth-order valence-corrected chi connectivity index (χ4v) is 2.90. The Morgan fingerprint density at radius 3 is 2.81 bits per heavy atom. The molecule has 0 aliphatic carbocycles. The van der Waals surface area contributed by atoms with Crippen molar-refractivity contribution in [3.8, 4) is 0 Å². The minimum absolute atomic E-state index is 0.0283. The van der Waals surface area contributed by atoms with Crippen molar-refractivity contribution in [3.05, 3.63) is 0 Å². The standard InChI is InChI=1S/C13H20F3N3O2/c1-8-4-10(2-3-17-8)18-12(21)9-5-11(20)19(6-9)7-13(14,15)16/h8-10,17H,2-7H2,1H3,(H,18,21). The molecule has 0 aromatic rings. The third-order valence-electron chi connectivity index (χ3n) is 3.93. The fraction of sp³-hybridized carbons (Fsp3) is 0.846. The van der Waals surface area contributed by atoms with E-state index in [2.05, 4.69) is 10.6 Å². The third-order valence-corrected chi connectivity index (χ3v) is 3.93. The molecule has 0 aromatic carbocycles. The molecule has 2 amide bonds. The highest BCUT2D eigenvalue weighted by atomic mass is 19.4. The minimum Gasteiger partial charge on any atom is -0.353 e. The summed E-state index contributed by atoms with van der Waals surface area (Å²) in [5.41, 5.74) is 0. The molecule has 120 valence electrons. The van der Waals surface area contributed by atoms with Gasteiger partial charge in [0, 0.05) is 25.0 Å². The van der Waals surface area contributed by atoms with E-state index < -0.39 is 24.5 Å². The first kappa shape index (κ1) is 16.1. The number of hydrogen-bond acceptors (Lipinski definition) is 3. The van der Waals surface area contributed by atoms with Crippen LogP contribution in [-0.4, -0.2) is 54.6 Å². The van der Waals surface area contributed by atoms with Gasteiger partial charge in [0.1, 0.15) is 6.54 Å². The molecule has 2 aliphatic heterocycles. The van der Waals surface area contributed by atoms with Gasteiger partial charge < -0.3 is 15.5 Å². The zero-order valence-electron chi connectivity index (χ0n) is 11.9. The predicted octanol–water partition coefficient (Wildman–Crippen LogP) is 0.654. The molecule has 0 aromatic heterocycles. The topological polar surface area (TPSA) is 61.4 Å². The van der Waals surface area contributed by atoms with Gasteiger partial charge >= 0.3 is 6.18 Å². The molecule has 3 atom stereocenters. The summed E-state index contributed by atoms with van der Waals surface area (Å²) in [6.07, 6.45) is -2.98. The summed E-state index contributed by atoms with van der Waals surface area (Å²) in [5, 5.41) is 6.11. The molecule has 3 unspecified atom stereocenters. The van der Waals surface area contributed by atoms with E-state index in [1.54, 1.807) is 0 Å². The highest BCUT2D eigenvalue weighted by Gasteiger charge is 2.40. The summed E-state index contributed by atoms with van der Waals surface area (Å²) in [5.74, 6) is -1.59. The maximum atomic E-state index is 12.3. The van der Waals surface area contributed by atoms with Crippen LogP contribution in [0.1, 0.15) is 26.2 Å². The summed E-state index contributed by atoms with van der Waals surface area (Å²) in [7, 11) is 0. The Balaban J connectivity index is 1.85. The molecule has 0 radical (unpaired) electrons. The van der Waals surface area contributed by atoms with Gasteiger partial charge in [-0.2, -0.15) is 13.2 Å². The molecule has 2 rings (SSSR count). The predicted molar refractivity (Wildman–Crippen MR) is 69.4 cm³/mol. The van der Waals surface area contributed by atoms with Crippen LogP contribution < -0.4 is 10.6 Å². The average molecular weight is 307 g/mol. The van der Waals surface area contributed by atoms with Crippen LogP contribution in [0.25, 0.3) is 0 Å². The normalized spacial score (nSPS) is 30.6. The Bertz CT molecular complexity index is 414. The smallest absolute Gasteiger partial charge is 0.353 e. The molecule has 2 heterocycles. The van der Waals surface area contributed by atoms with E-state index in [0.29, 0.717) is 6.04 Å². The molecule has 2 aliphatic rings. The molecule has 2 fully saturated rings. The van der Waals surface area contributed by atoms with E-state index in [-0.39, 0.29) is 24.9 Å². The zero-order chi connectivity index (χ0) is 15.6. The van der Waals surface area contributed by atoms with Crippen LogP contribution in [-0.2, 0) is 9.59 Å². The first-order valence-electron chi connectivity index (χ1n) is 7.13. The summed E-state index contributed by atoms with van der Waals surface area (Å²) in [6, 6.07) is 0.330. The van der Waals surface area contributed by atoms with Crippen LogP contribution in [0.2, 0.25) is 0 Å². The quantitative estimate of drug-likeness (QED) is 0.805. The molecule has 2 saturated heterocycles. The number of carbonyl (C=O) groups is 2. The second-order valence-electron chi connectivity index (χ2n) is 5.88. The van der Waals surface area contributed by atoms with Crippen molar-refractivity contribution in [1.29, 1.82) is 0 Å². The second-order valence-corrected chi connectivity index (χ2v) is 5.88. The Morgan fingerprint density at radius 2 is 2.19 bits per heavy atom. The molecule has 0 spiro atoms. The van der Waals surface area contributed by atoms with E-state index in [1.807, 2.05) is 6.92 Å². The number of hydrogen-bond donors (Lipinski definition) is 2. The average Bonchev–Trinajstić information content (AvgIpc) is 2.69. The summed E-state index contributed by atoms with van der Waals surface area (Å²) >= 11 is 0. The van der Waals surface area contributed by atoms with E-state index in [0.717, 1.165) is 24.3 Å².